The first-order valence-corrected chi connectivity index (χ1v) is 5.42. The van der Waals surface area contributed by atoms with Crippen LogP contribution in [0.2, 0.25) is 0 Å². The van der Waals surface area contributed by atoms with Gasteiger partial charge >= 0.3 is 0 Å². The first-order chi connectivity index (χ1) is 7.40. The number of rotatable bonds is 3. The Labute approximate surface area is 95.7 Å². The molecule has 0 atom stereocenters. The molecule has 0 aliphatic heterocycles. The van der Waals surface area contributed by atoms with Gasteiger partial charge in [0.05, 0.1) is 0 Å². The van der Waals surface area contributed by atoms with Crippen molar-refractivity contribution in [3.8, 4) is 11.5 Å². The summed E-state index contributed by atoms with van der Waals surface area (Å²) >= 11 is 0. The number of aromatic hydroxyl groups is 2. The van der Waals surface area contributed by atoms with Crippen molar-refractivity contribution in [1.82, 2.24) is 0 Å². The van der Waals surface area contributed by atoms with Crippen LogP contribution in [-0.2, 0) is 11.2 Å². The van der Waals surface area contributed by atoms with Gasteiger partial charge in [-0.2, -0.15) is 0 Å². The van der Waals surface area contributed by atoms with Crippen LogP contribution < -0.4 is 0 Å². The summed E-state index contributed by atoms with van der Waals surface area (Å²) in [4.78, 5) is 11.4. The van der Waals surface area contributed by atoms with Crippen LogP contribution in [-0.4, -0.2) is 16.0 Å². The number of carbonyl (C=O) groups is 1. The van der Waals surface area contributed by atoms with Crippen molar-refractivity contribution in [1.29, 1.82) is 0 Å². The zero-order chi connectivity index (χ0) is 12.5. The van der Waals surface area contributed by atoms with E-state index in [-0.39, 0.29) is 23.7 Å². The van der Waals surface area contributed by atoms with Crippen LogP contribution in [0.5, 0.6) is 11.5 Å². The maximum absolute atomic E-state index is 11.4. The number of Topliss-reactive ketones (excluding diaryl/α,β-unsaturated/α-hetero) is 1. The number of phenolic OH excluding ortho intramolecular Hbond substituents is 2. The van der Waals surface area contributed by atoms with Gasteiger partial charge < -0.3 is 10.2 Å². The molecule has 1 rings (SSSR count). The van der Waals surface area contributed by atoms with E-state index < -0.39 is 0 Å². The average molecular weight is 222 g/mol. The van der Waals surface area contributed by atoms with Gasteiger partial charge in [-0.05, 0) is 37.5 Å². The highest BCUT2D eigenvalue weighted by atomic mass is 16.3. The zero-order valence-corrected chi connectivity index (χ0v) is 10.2. The maximum Gasteiger partial charge on any atom is 0.137 e. The summed E-state index contributed by atoms with van der Waals surface area (Å²) in [6.07, 6.45) is 0.620. The standard InChI is InChI=1S/C13H18O3/c1-5-10(14)6-11-9(4)12(15)7(2)8(3)13(11)16/h15-16H,5-6H2,1-4H3. The second-order valence-corrected chi connectivity index (χ2v) is 4.12. The van der Waals surface area contributed by atoms with Crippen molar-refractivity contribution < 1.29 is 15.0 Å². The van der Waals surface area contributed by atoms with E-state index in [0.717, 1.165) is 0 Å². The van der Waals surface area contributed by atoms with E-state index in [1.54, 1.807) is 27.7 Å². The minimum Gasteiger partial charge on any atom is -0.507 e. The van der Waals surface area contributed by atoms with E-state index in [4.69, 9.17) is 0 Å². The van der Waals surface area contributed by atoms with Crippen LogP contribution in [0.4, 0.5) is 0 Å². The Morgan fingerprint density at radius 2 is 1.50 bits per heavy atom. The number of phenols is 2. The summed E-state index contributed by atoms with van der Waals surface area (Å²) in [5, 5.41) is 19.8. The SMILES string of the molecule is CCC(=O)Cc1c(C)c(O)c(C)c(C)c1O. The first-order valence-electron chi connectivity index (χ1n) is 5.42. The summed E-state index contributed by atoms with van der Waals surface area (Å²) in [7, 11) is 0. The normalized spacial score (nSPS) is 10.5. The van der Waals surface area contributed by atoms with Crippen molar-refractivity contribution in [2.24, 2.45) is 0 Å². The van der Waals surface area contributed by atoms with Gasteiger partial charge in [0.1, 0.15) is 17.3 Å². The summed E-state index contributed by atoms with van der Waals surface area (Å²) in [5.41, 5.74) is 2.46. The van der Waals surface area contributed by atoms with Crippen molar-refractivity contribution in [3.05, 3.63) is 22.3 Å². The molecule has 1 aromatic carbocycles. The van der Waals surface area contributed by atoms with Gasteiger partial charge in [0.2, 0.25) is 0 Å². The van der Waals surface area contributed by atoms with E-state index in [1.165, 1.54) is 0 Å². The first kappa shape index (κ1) is 12.6. The molecule has 0 radical (unpaired) electrons. The minimum absolute atomic E-state index is 0.0565. The molecule has 0 fully saturated rings. The third-order valence-electron chi connectivity index (χ3n) is 3.13. The molecule has 16 heavy (non-hydrogen) atoms. The molecule has 0 aliphatic carbocycles. The van der Waals surface area contributed by atoms with Crippen LogP contribution in [0.3, 0.4) is 0 Å². The molecule has 0 aromatic heterocycles. The van der Waals surface area contributed by atoms with E-state index in [9.17, 15) is 15.0 Å². The van der Waals surface area contributed by atoms with Gasteiger partial charge in [-0.15, -0.1) is 0 Å². The lowest BCUT2D eigenvalue weighted by Gasteiger charge is -2.15. The molecule has 88 valence electrons. The van der Waals surface area contributed by atoms with Crippen LogP contribution in [0.25, 0.3) is 0 Å². The van der Waals surface area contributed by atoms with Gasteiger partial charge in [-0.1, -0.05) is 6.92 Å². The predicted molar refractivity (Wildman–Crippen MR) is 63.0 cm³/mol. The van der Waals surface area contributed by atoms with Crippen LogP contribution in [0.1, 0.15) is 35.6 Å². The van der Waals surface area contributed by atoms with Crippen molar-refractivity contribution in [2.45, 2.75) is 40.5 Å². The van der Waals surface area contributed by atoms with Gasteiger partial charge in [-0.25, -0.2) is 0 Å². The lowest BCUT2D eigenvalue weighted by molar-refractivity contribution is -0.118. The highest BCUT2D eigenvalue weighted by molar-refractivity contribution is 5.82. The Morgan fingerprint density at radius 3 is 2.00 bits per heavy atom. The Hall–Kier alpha value is -1.51. The second kappa shape index (κ2) is 4.56. The molecule has 0 bridgehead atoms. The largest absolute Gasteiger partial charge is 0.507 e. The predicted octanol–water partition coefficient (Wildman–Crippen LogP) is 2.54. The van der Waals surface area contributed by atoms with E-state index in [1.807, 2.05) is 0 Å². The third kappa shape index (κ3) is 2.03. The molecule has 0 heterocycles. The molecular formula is C13H18O3. The molecule has 2 N–H and O–H groups in total. The fraction of sp³-hybridized carbons (Fsp3) is 0.462. The molecule has 0 saturated carbocycles. The number of ketones is 1. The van der Waals surface area contributed by atoms with Gasteiger partial charge in [0, 0.05) is 18.4 Å². The molecule has 0 saturated heterocycles. The van der Waals surface area contributed by atoms with E-state index in [0.29, 0.717) is 28.7 Å². The van der Waals surface area contributed by atoms with Crippen LogP contribution in [0.15, 0.2) is 0 Å². The smallest absolute Gasteiger partial charge is 0.137 e. The molecule has 1 aromatic rings. The topological polar surface area (TPSA) is 57.5 Å². The molecule has 3 nitrogen and oxygen atoms in total. The zero-order valence-electron chi connectivity index (χ0n) is 10.2. The Bertz CT molecular complexity index is 404. The third-order valence-corrected chi connectivity index (χ3v) is 3.13. The average Bonchev–Trinajstić information content (AvgIpc) is 2.29. The Balaban J connectivity index is 3.34. The molecule has 3 heteroatoms. The molecule has 0 amide bonds. The molecular weight excluding hydrogens is 204 g/mol. The van der Waals surface area contributed by atoms with Gasteiger partial charge in [-0.3, -0.25) is 4.79 Å². The fourth-order valence-electron chi connectivity index (χ4n) is 1.72. The Kier molecular flexibility index (Phi) is 3.58. The molecule has 0 aliphatic rings. The number of hydrogen-bond acceptors (Lipinski definition) is 3. The monoisotopic (exact) mass is 222 g/mol. The van der Waals surface area contributed by atoms with Gasteiger partial charge in [0.25, 0.3) is 0 Å². The van der Waals surface area contributed by atoms with Crippen molar-refractivity contribution in [3.63, 3.8) is 0 Å². The minimum atomic E-state index is 0.0565. The lowest BCUT2D eigenvalue weighted by atomic mass is 9.94. The quantitative estimate of drug-likeness (QED) is 0.773. The lowest BCUT2D eigenvalue weighted by Crippen LogP contribution is -2.04. The van der Waals surface area contributed by atoms with E-state index >= 15 is 0 Å². The van der Waals surface area contributed by atoms with Crippen LogP contribution >= 0.6 is 0 Å². The number of hydrogen-bond donors (Lipinski definition) is 2. The second-order valence-electron chi connectivity index (χ2n) is 4.12. The fourth-order valence-corrected chi connectivity index (χ4v) is 1.72. The summed E-state index contributed by atoms with van der Waals surface area (Å²) in [5.74, 6) is 0.366. The van der Waals surface area contributed by atoms with Crippen molar-refractivity contribution in [2.75, 3.05) is 0 Å². The molecule has 0 unspecified atom stereocenters. The maximum atomic E-state index is 11.4. The summed E-state index contributed by atoms with van der Waals surface area (Å²) < 4.78 is 0. The highest BCUT2D eigenvalue weighted by Gasteiger charge is 2.17. The molecule has 0 spiro atoms. The van der Waals surface area contributed by atoms with Crippen LogP contribution in [0, 0.1) is 20.8 Å². The van der Waals surface area contributed by atoms with Crippen molar-refractivity contribution >= 4 is 5.78 Å². The Morgan fingerprint density at radius 1 is 1.00 bits per heavy atom. The van der Waals surface area contributed by atoms with E-state index in [2.05, 4.69) is 0 Å². The highest BCUT2D eigenvalue weighted by Crippen LogP contribution is 2.36. The summed E-state index contributed by atoms with van der Waals surface area (Å²) in [6.45, 7) is 7.00. The number of benzene rings is 1. The van der Waals surface area contributed by atoms with Gasteiger partial charge in [0.15, 0.2) is 0 Å². The summed E-state index contributed by atoms with van der Waals surface area (Å²) in [6, 6.07) is 0. The number of carbonyl (C=O) groups excluding carboxylic acids is 1.